The third-order valence-electron chi connectivity index (χ3n) is 1.57. The van der Waals surface area contributed by atoms with Gasteiger partial charge >= 0.3 is 5.97 Å². The fourth-order valence-electron chi connectivity index (χ4n) is 0.909. The lowest BCUT2D eigenvalue weighted by molar-refractivity contribution is -0.141. The van der Waals surface area contributed by atoms with Crippen molar-refractivity contribution in [1.82, 2.24) is 5.32 Å². The smallest absolute Gasteiger partial charge is 0.326 e. The number of thioether (sulfide) groups is 1. The Morgan fingerprint density at radius 1 is 1.64 bits per heavy atom. The van der Waals surface area contributed by atoms with Crippen LogP contribution in [0.2, 0.25) is 0 Å². The minimum atomic E-state index is -0.999. The van der Waals surface area contributed by atoms with Crippen LogP contribution < -0.4 is 5.32 Å². The molecule has 0 bridgehead atoms. The molecule has 1 unspecified atom stereocenters. The second-order valence-corrected chi connectivity index (χ2v) is 3.62. The van der Waals surface area contributed by atoms with E-state index >= 15 is 0 Å². The van der Waals surface area contributed by atoms with Gasteiger partial charge in [0.05, 0.1) is 5.75 Å². The molecule has 0 spiro atoms. The van der Waals surface area contributed by atoms with E-state index in [1.54, 1.807) is 12.3 Å². The van der Waals surface area contributed by atoms with Gasteiger partial charge in [0.1, 0.15) is 6.04 Å². The average Bonchev–Trinajstić information content (AvgIpc) is 2.12. The number of allylic oxidation sites excluding steroid dienone is 1. The van der Waals surface area contributed by atoms with E-state index in [2.05, 4.69) is 11.9 Å². The van der Waals surface area contributed by atoms with Crippen molar-refractivity contribution in [2.45, 2.75) is 18.9 Å². The first-order valence-electron chi connectivity index (χ1n) is 4.23. The molecule has 0 aliphatic rings. The zero-order valence-electron chi connectivity index (χ0n) is 8.16. The Bertz CT molecular complexity index is 218. The molecule has 80 valence electrons. The maximum atomic E-state index is 11.1. The van der Waals surface area contributed by atoms with Crippen LogP contribution in [-0.2, 0) is 9.59 Å². The maximum absolute atomic E-state index is 11.1. The first-order valence-corrected chi connectivity index (χ1v) is 5.63. The van der Waals surface area contributed by atoms with Gasteiger partial charge in [0.2, 0.25) is 5.91 Å². The number of carboxylic acid groups (broad SMARTS) is 1. The third kappa shape index (κ3) is 5.64. The van der Waals surface area contributed by atoms with Gasteiger partial charge in [-0.2, -0.15) is 11.8 Å². The van der Waals surface area contributed by atoms with Crippen molar-refractivity contribution in [1.29, 1.82) is 0 Å². The Kier molecular flexibility index (Phi) is 6.92. The standard InChI is InChI=1S/C9H15NO3S/c1-3-4-5-7(9(12)13)10-8(11)6-14-2/h3,7H,1,4-6H2,2H3,(H,10,11)(H,12,13). The Hall–Kier alpha value is -0.970. The highest BCUT2D eigenvalue weighted by Crippen LogP contribution is 1.99. The molecule has 0 aromatic carbocycles. The lowest BCUT2D eigenvalue weighted by Crippen LogP contribution is -2.41. The SMILES string of the molecule is C=CCCC(NC(=O)CSC)C(=O)O. The van der Waals surface area contributed by atoms with Gasteiger partial charge in [0.15, 0.2) is 0 Å². The normalized spacial score (nSPS) is 11.8. The largest absolute Gasteiger partial charge is 0.480 e. The molecule has 1 atom stereocenters. The molecule has 0 aliphatic carbocycles. The molecule has 2 N–H and O–H groups in total. The zero-order chi connectivity index (χ0) is 11.0. The van der Waals surface area contributed by atoms with E-state index in [0.717, 1.165) is 0 Å². The molecule has 0 aliphatic heterocycles. The van der Waals surface area contributed by atoms with Crippen molar-refractivity contribution >= 4 is 23.6 Å². The van der Waals surface area contributed by atoms with E-state index in [1.807, 2.05) is 0 Å². The van der Waals surface area contributed by atoms with Crippen LogP contribution in [0.4, 0.5) is 0 Å². The number of carbonyl (C=O) groups excluding carboxylic acids is 1. The Morgan fingerprint density at radius 2 is 2.29 bits per heavy atom. The van der Waals surface area contributed by atoms with Crippen molar-refractivity contribution in [3.8, 4) is 0 Å². The average molecular weight is 217 g/mol. The molecule has 1 amide bonds. The molecule has 14 heavy (non-hydrogen) atoms. The molecule has 0 saturated carbocycles. The summed E-state index contributed by atoms with van der Waals surface area (Å²) in [6, 6.07) is -0.798. The minimum Gasteiger partial charge on any atom is -0.480 e. The predicted molar refractivity (Wildman–Crippen MR) is 57.4 cm³/mol. The minimum absolute atomic E-state index is 0.242. The number of carboxylic acids is 1. The van der Waals surface area contributed by atoms with Gasteiger partial charge in [-0.3, -0.25) is 4.79 Å². The van der Waals surface area contributed by atoms with Crippen LogP contribution in [0, 0.1) is 0 Å². The molecule has 0 rings (SSSR count). The van der Waals surface area contributed by atoms with Crippen molar-refractivity contribution in [2.75, 3.05) is 12.0 Å². The highest BCUT2D eigenvalue weighted by Gasteiger charge is 2.18. The molecule has 0 saturated heterocycles. The van der Waals surface area contributed by atoms with Crippen molar-refractivity contribution in [2.24, 2.45) is 0 Å². The molecular formula is C9H15NO3S. The number of aliphatic carboxylic acids is 1. The summed E-state index contributed by atoms with van der Waals surface area (Å²) in [6.45, 7) is 3.50. The molecule has 0 aromatic heterocycles. The Labute approximate surface area is 87.8 Å². The van der Waals surface area contributed by atoms with Gasteiger partial charge in [-0.15, -0.1) is 6.58 Å². The molecular weight excluding hydrogens is 202 g/mol. The highest BCUT2D eigenvalue weighted by atomic mass is 32.2. The highest BCUT2D eigenvalue weighted by molar-refractivity contribution is 7.99. The fraction of sp³-hybridized carbons (Fsp3) is 0.556. The first kappa shape index (κ1) is 13.0. The van der Waals surface area contributed by atoms with Gasteiger partial charge in [0.25, 0.3) is 0 Å². The molecule has 4 nitrogen and oxygen atoms in total. The number of carbonyl (C=O) groups is 2. The van der Waals surface area contributed by atoms with E-state index in [-0.39, 0.29) is 11.7 Å². The van der Waals surface area contributed by atoms with Crippen molar-refractivity contribution in [3.63, 3.8) is 0 Å². The van der Waals surface area contributed by atoms with E-state index in [9.17, 15) is 9.59 Å². The van der Waals surface area contributed by atoms with E-state index < -0.39 is 12.0 Å². The zero-order valence-corrected chi connectivity index (χ0v) is 8.97. The number of amides is 1. The first-order chi connectivity index (χ1) is 6.61. The lowest BCUT2D eigenvalue weighted by Gasteiger charge is -2.12. The summed E-state index contributed by atoms with van der Waals surface area (Å²) < 4.78 is 0. The van der Waals surface area contributed by atoms with Gasteiger partial charge in [-0.25, -0.2) is 4.79 Å². The van der Waals surface area contributed by atoms with Crippen LogP contribution in [0.25, 0.3) is 0 Å². The predicted octanol–water partition coefficient (Wildman–Crippen LogP) is 0.885. The summed E-state index contributed by atoms with van der Waals surface area (Å²) >= 11 is 1.36. The second kappa shape index (κ2) is 7.44. The molecule has 0 fully saturated rings. The van der Waals surface area contributed by atoms with Crippen molar-refractivity contribution < 1.29 is 14.7 Å². The Balaban J connectivity index is 4.01. The third-order valence-corrected chi connectivity index (χ3v) is 2.12. The van der Waals surface area contributed by atoms with Crippen LogP contribution in [-0.4, -0.2) is 35.0 Å². The molecule has 5 heteroatoms. The van der Waals surface area contributed by atoms with Crippen LogP contribution in [0.1, 0.15) is 12.8 Å². The second-order valence-electron chi connectivity index (χ2n) is 2.76. The van der Waals surface area contributed by atoms with Crippen LogP contribution in [0.5, 0.6) is 0 Å². The number of rotatable bonds is 7. The number of hydrogen-bond acceptors (Lipinski definition) is 3. The molecule has 0 aromatic rings. The molecule has 0 heterocycles. The summed E-state index contributed by atoms with van der Waals surface area (Å²) in [7, 11) is 0. The maximum Gasteiger partial charge on any atom is 0.326 e. The summed E-state index contributed by atoms with van der Waals surface area (Å²) in [5, 5.41) is 11.2. The van der Waals surface area contributed by atoms with E-state index in [1.165, 1.54) is 11.8 Å². The van der Waals surface area contributed by atoms with Gasteiger partial charge in [-0.05, 0) is 19.1 Å². The van der Waals surface area contributed by atoms with Crippen LogP contribution in [0.15, 0.2) is 12.7 Å². The van der Waals surface area contributed by atoms with Gasteiger partial charge < -0.3 is 10.4 Å². The summed E-state index contributed by atoms with van der Waals surface area (Å²) in [4.78, 5) is 21.8. The van der Waals surface area contributed by atoms with Crippen LogP contribution >= 0.6 is 11.8 Å². The fourth-order valence-corrected chi connectivity index (χ4v) is 1.25. The van der Waals surface area contributed by atoms with E-state index in [4.69, 9.17) is 5.11 Å². The summed E-state index contributed by atoms with van der Waals surface area (Å²) in [5.74, 6) is -0.951. The number of hydrogen-bond donors (Lipinski definition) is 2. The van der Waals surface area contributed by atoms with Crippen molar-refractivity contribution in [3.05, 3.63) is 12.7 Å². The quantitative estimate of drug-likeness (QED) is 0.621. The van der Waals surface area contributed by atoms with Gasteiger partial charge in [-0.1, -0.05) is 6.08 Å². The summed E-state index contributed by atoms with van der Waals surface area (Å²) in [5.41, 5.74) is 0. The molecule has 0 radical (unpaired) electrons. The topological polar surface area (TPSA) is 66.4 Å². The van der Waals surface area contributed by atoms with Crippen LogP contribution in [0.3, 0.4) is 0 Å². The van der Waals surface area contributed by atoms with E-state index in [0.29, 0.717) is 12.8 Å². The lowest BCUT2D eigenvalue weighted by atomic mass is 10.1. The summed E-state index contributed by atoms with van der Waals surface area (Å²) in [6.07, 6.45) is 4.39. The Morgan fingerprint density at radius 3 is 2.71 bits per heavy atom. The number of nitrogens with one attached hydrogen (secondary N) is 1. The monoisotopic (exact) mass is 217 g/mol. The van der Waals surface area contributed by atoms with Gasteiger partial charge in [0, 0.05) is 0 Å².